The Balaban J connectivity index is 1.62. The molecule has 0 aromatic rings. The van der Waals surface area contributed by atoms with Crippen LogP contribution in [0.5, 0.6) is 0 Å². The van der Waals surface area contributed by atoms with E-state index in [1.165, 1.54) is 44.9 Å². The molecule has 2 nitrogen and oxygen atoms in total. The van der Waals surface area contributed by atoms with Crippen molar-refractivity contribution in [2.45, 2.75) is 84.8 Å². The van der Waals surface area contributed by atoms with Crippen LogP contribution in [0.2, 0.25) is 0 Å². The molecule has 0 heterocycles. The summed E-state index contributed by atoms with van der Waals surface area (Å²) in [4.78, 5) is 2.53. The quantitative estimate of drug-likeness (QED) is 0.737. The summed E-state index contributed by atoms with van der Waals surface area (Å²) < 4.78 is 0. The van der Waals surface area contributed by atoms with Crippen molar-refractivity contribution in [1.82, 2.24) is 4.90 Å². The van der Waals surface area contributed by atoms with E-state index in [4.69, 9.17) is 0 Å². The van der Waals surface area contributed by atoms with E-state index in [1.54, 1.807) is 0 Å². The summed E-state index contributed by atoms with van der Waals surface area (Å²) in [6.45, 7) is 11.7. The minimum atomic E-state index is -0.130. The lowest BCUT2D eigenvalue weighted by molar-refractivity contribution is -0.111. The Morgan fingerprint density at radius 3 is 2.48 bits per heavy atom. The highest BCUT2D eigenvalue weighted by Gasteiger charge is 2.62. The zero-order valence-electron chi connectivity index (χ0n) is 16.9. The van der Waals surface area contributed by atoms with Gasteiger partial charge in [0.15, 0.2) is 0 Å². The highest BCUT2D eigenvalue weighted by Crippen LogP contribution is 2.65. The summed E-state index contributed by atoms with van der Waals surface area (Å²) in [6.07, 6.45) is 14.0. The number of aliphatic hydroxyl groups excluding tert-OH is 1. The third kappa shape index (κ3) is 2.50. The molecule has 0 spiro atoms. The van der Waals surface area contributed by atoms with E-state index in [0.717, 1.165) is 36.8 Å². The van der Waals surface area contributed by atoms with Crippen LogP contribution in [-0.2, 0) is 0 Å². The van der Waals surface area contributed by atoms with E-state index in [1.807, 2.05) is 0 Å². The van der Waals surface area contributed by atoms with Crippen LogP contribution in [0.15, 0.2) is 12.2 Å². The number of nitrogens with zero attached hydrogens (tertiary/aromatic N) is 1. The zero-order chi connectivity index (χ0) is 17.8. The van der Waals surface area contributed by atoms with E-state index in [2.05, 4.69) is 44.7 Å². The second-order valence-corrected chi connectivity index (χ2v) is 10.1. The number of hydrogen-bond donors (Lipinski definition) is 1. The topological polar surface area (TPSA) is 23.5 Å². The molecule has 0 saturated heterocycles. The summed E-state index contributed by atoms with van der Waals surface area (Å²) in [5.74, 6) is 3.38. The molecular formula is C23H39NO. The summed E-state index contributed by atoms with van der Waals surface area (Å²) in [6, 6.07) is 0.389. The number of rotatable bonds is 3. The fourth-order valence-electron chi connectivity index (χ4n) is 7.87. The van der Waals surface area contributed by atoms with Crippen LogP contribution in [0.3, 0.4) is 0 Å². The number of allylic oxidation sites excluding steroid dienone is 2. The van der Waals surface area contributed by atoms with Crippen molar-refractivity contribution in [2.24, 2.45) is 34.5 Å². The zero-order valence-corrected chi connectivity index (χ0v) is 16.9. The van der Waals surface area contributed by atoms with Crippen LogP contribution in [0, 0.1) is 34.5 Å². The van der Waals surface area contributed by atoms with Crippen LogP contribution in [0.1, 0.15) is 72.6 Å². The molecule has 0 amide bonds. The average Bonchev–Trinajstić information content (AvgIpc) is 2.88. The first kappa shape index (κ1) is 18.0. The Morgan fingerprint density at radius 1 is 1.00 bits per heavy atom. The van der Waals surface area contributed by atoms with Crippen LogP contribution >= 0.6 is 0 Å². The van der Waals surface area contributed by atoms with Gasteiger partial charge in [-0.05, 0) is 92.5 Å². The largest absolute Gasteiger partial charge is 0.391 e. The van der Waals surface area contributed by atoms with Crippen molar-refractivity contribution < 1.29 is 5.11 Å². The fraction of sp³-hybridized carbons (Fsp3) is 0.913. The number of aliphatic hydroxyl groups is 1. The molecular weight excluding hydrogens is 306 g/mol. The molecule has 0 unspecified atom stereocenters. The standard InChI is InChI=1S/C23H39NO/c1-5-24(6-2)20-15-19-17-11-10-16-9-7-8-13-22(16,3)18(17)12-14-23(19,4)21(20)25/h7-8,16-21,25H,5-6,9-15H2,1-4H3/t16-,17-,18+,19+,20+,21-,22+,23+/m1/s1. The van der Waals surface area contributed by atoms with E-state index in [0.29, 0.717) is 11.5 Å². The second-order valence-electron chi connectivity index (χ2n) is 10.1. The molecule has 25 heavy (non-hydrogen) atoms. The molecule has 0 radical (unpaired) electrons. The van der Waals surface area contributed by atoms with Crippen molar-refractivity contribution >= 4 is 0 Å². The molecule has 1 N–H and O–H groups in total. The maximum atomic E-state index is 11.3. The first-order valence-electron chi connectivity index (χ1n) is 11.0. The summed E-state index contributed by atoms with van der Waals surface area (Å²) in [5, 5.41) is 11.3. The maximum Gasteiger partial charge on any atom is 0.0751 e. The highest BCUT2D eigenvalue weighted by molar-refractivity contribution is 5.14. The molecule has 8 atom stereocenters. The van der Waals surface area contributed by atoms with Gasteiger partial charge in [-0.25, -0.2) is 0 Å². The predicted octanol–water partition coefficient (Wildman–Crippen LogP) is 4.88. The fourth-order valence-corrected chi connectivity index (χ4v) is 7.87. The predicted molar refractivity (Wildman–Crippen MR) is 104 cm³/mol. The Morgan fingerprint density at radius 2 is 1.76 bits per heavy atom. The van der Waals surface area contributed by atoms with Gasteiger partial charge in [-0.2, -0.15) is 0 Å². The van der Waals surface area contributed by atoms with Crippen molar-refractivity contribution in [3.05, 3.63) is 12.2 Å². The van der Waals surface area contributed by atoms with Crippen LogP contribution in [-0.4, -0.2) is 35.2 Å². The minimum absolute atomic E-state index is 0.130. The minimum Gasteiger partial charge on any atom is -0.391 e. The number of hydrogen-bond acceptors (Lipinski definition) is 2. The molecule has 2 heteroatoms. The molecule has 3 saturated carbocycles. The van der Waals surface area contributed by atoms with Crippen LogP contribution < -0.4 is 0 Å². The van der Waals surface area contributed by atoms with Crippen molar-refractivity contribution in [3.8, 4) is 0 Å². The Kier molecular flexibility index (Phi) is 4.60. The molecule has 0 aliphatic heterocycles. The molecule has 0 bridgehead atoms. The van der Waals surface area contributed by atoms with Gasteiger partial charge in [0.1, 0.15) is 0 Å². The average molecular weight is 346 g/mol. The second kappa shape index (κ2) is 6.37. The highest BCUT2D eigenvalue weighted by atomic mass is 16.3. The molecule has 4 aliphatic rings. The van der Waals surface area contributed by atoms with Gasteiger partial charge in [-0.3, -0.25) is 4.90 Å². The summed E-state index contributed by atoms with van der Waals surface area (Å²) in [5.41, 5.74) is 0.680. The van der Waals surface area contributed by atoms with Gasteiger partial charge < -0.3 is 5.11 Å². The monoisotopic (exact) mass is 345 g/mol. The van der Waals surface area contributed by atoms with E-state index in [9.17, 15) is 5.11 Å². The number of likely N-dealkylation sites (N-methyl/N-ethyl adjacent to an activating group) is 1. The van der Waals surface area contributed by atoms with Gasteiger partial charge in [0, 0.05) is 6.04 Å². The van der Waals surface area contributed by atoms with Crippen LogP contribution in [0.4, 0.5) is 0 Å². The maximum absolute atomic E-state index is 11.3. The normalized spacial score (nSPS) is 51.9. The van der Waals surface area contributed by atoms with Crippen molar-refractivity contribution in [2.75, 3.05) is 13.1 Å². The van der Waals surface area contributed by atoms with Gasteiger partial charge in [-0.1, -0.05) is 39.8 Å². The third-order valence-electron chi connectivity index (χ3n) is 9.46. The van der Waals surface area contributed by atoms with Gasteiger partial charge in [0.05, 0.1) is 6.10 Å². The lowest BCUT2D eigenvalue weighted by atomic mass is 9.46. The van der Waals surface area contributed by atoms with Gasteiger partial charge in [-0.15, -0.1) is 0 Å². The molecule has 142 valence electrons. The molecule has 3 fully saturated rings. The lowest BCUT2D eigenvalue weighted by Crippen LogP contribution is -2.53. The first-order valence-corrected chi connectivity index (χ1v) is 11.0. The smallest absolute Gasteiger partial charge is 0.0751 e. The summed E-state index contributed by atoms with van der Waals surface area (Å²) in [7, 11) is 0. The Bertz CT molecular complexity index is 526. The molecule has 0 aromatic carbocycles. The Labute approximate surface area is 155 Å². The van der Waals surface area contributed by atoms with E-state index < -0.39 is 0 Å². The van der Waals surface area contributed by atoms with E-state index >= 15 is 0 Å². The lowest BCUT2D eigenvalue weighted by Gasteiger charge is -2.59. The third-order valence-corrected chi connectivity index (χ3v) is 9.46. The van der Waals surface area contributed by atoms with Crippen LogP contribution in [0.25, 0.3) is 0 Å². The first-order chi connectivity index (χ1) is 12.0. The van der Waals surface area contributed by atoms with Gasteiger partial charge >= 0.3 is 0 Å². The summed E-state index contributed by atoms with van der Waals surface area (Å²) >= 11 is 0. The Hall–Kier alpha value is -0.340. The number of fused-ring (bicyclic) bond motifs is 5. The van der Waals surface area contributed by atoms with E-state index in [-0.39, 0.29) is 11.5 Å². The molecule has 4 aliphatic carbocycles. The van der Waals surface area contributed by atoms with Gasteiger partial charge in [0.25, 0.3) is 0 Å². The van der Waals surface area contributed by atoms with Gasteiger partial charge in [0.2, 0.25) is 0 Å². The molecule has 0 aromatic heterocycles. The van der Waals surface area contributed by atoms with Crippen molar-refractivity contribution in [3.63, 3.8) is 0 Å². The van der Waals surface area contributed by atoms with Crippen molar-refractivity contribution in [1.29, 1.82) is 0 Å². The molecule has 4 rings (SSSR count). The SMILES string of the molecule is CCN(CC)[C@H]1C[C@H]2[C@@H]3CC[C@H]4CC=CC[C@]4(C)[C@H]3CC[C@]2(C)[C@@H]1O.